The standard InChI is InChI=1S/C31H31ClN4O7/c1-35(24-6-3-2-5-22(24)32)31(41)33-21-11-8-19(9-12-21)15-28(37)36-14-4-7-25(36)30(40)34-23(17-29(38)39)20-10-13-26-27(16-20)43-18-42-26/h2-3,5-6,8-13,16,23,25H,4,7,14-15,17-18H2,1H3,(H,33,41)(H,34,40)(H,38,39)/t23-,25-/m0/s1. The maximum absolute atomic E-state index is 13.3. The Hall–Kier alpha value is -4.77. The van der Waals surface area contributed by atoms with Crippen LogP contribution in [-0.2, 0) is 20.8 Å². The summed E-state index contributed by atoms with van der Waals surface area (Å²) < 4.78 is 10.7. The number of ether oxygens (including phenoxy) is 2. The number of fused-ring (bicyclic) bond motifs is 1. The number of likely N-dealkylation sites (tertiary alicyclic amines) is 1. The number of urea groups is 1. The summed E-state index contributed by atoms with van der Waals surface area (Å²) in [4.78, 5) is 53.8. The number of para-hydroxylation sites is 1. The average Bonchev–Trinajstić information content (AvgIpc) is 3.67. The van der Waals surface area contributed by atoms with Gasteiger partial charge in [0.15, 0.2) is 11.5 Å². The highest BCUT2D eigenvalue weighted by Gasteiger charge is 2.35. The predicted molar refractivity (Wildman–Crippen MR) is 159 cm³/mol. The maximum atomic E-state index is 13.3. The molecule has 0 spiro atoms. The van der Waals surface area contributed by atoms with Gasteiger partial charge in [-0.05, 0) is 60.4 Å². The van der Waals surface area contributed by atoms with Crippen LogP contribution in [0.3, 0.4) is 0 Å². The van der Waals surface area contributed by atoms with E-state index in [1.807, 2.05) is 0 Å². The number of nitrogens with zero attached hydrogens (tertiary/aromatic N) is 2. The normalized spacial score (nSPS) is 16.0. The molecule has 1 saturated heterocycles. The number of anilines is 2. The van der Waals surface area contributed by atoms with Gasteiger partial charge in [0.25, 0.3) is 0 Å². The summed E-state index contributed by atoms with van der Waals surface area (Å²) >= 11 is 6.20. The largest absolute Gasteiger partial charge is 0.481 e. The summed E-state index contributed by atoms with van der Waals surface area (Å²) in [6.07, 6.45) is 0.866. The molecule has 5 rings (SSSR count). The third-order valence-electron chi connectivity index (χ3n) is 7.45. The average molecular weight is 607 g/mol. The molecule has 3 aromatic carbocycles. The van der Waals surface area contributed by atoms with Crippen LogP contribution in [0.4, 0.5) is 16.2 Å². The molecule has 1 fully saturated rings. The van der Waals surface area contributed by atoms with E-state index in [4.69, 9.17) is 21.1 Å². The van der Waals surface area contributed by atoms with E-state index in [0.717, 1.165) is 5.56 Å². The third-order valence-corrected chi connectivity index (χ3v) is 7.77. The van der Waals surface area contributed by atoms with Crippen LogP contribution in [0.1, 0.15) is 36.4 Å². The third kappa shape index (κ3) is 7.00. The fraction of sp³-hybridized carbons (Fsp3) is 0.290. The number of carbonyl (C=O) groups excluding carboxylic acids is 3. The molecule has 2 atom stereocenters. The fourth-order valence-electron chi connectivity index (χ4n) is 5.18. The highest BCUT2D eigenvalue weighted by molar-refractivity contribution is 6.33. The molecular formula is C31H31ClN4O7. The van der Waals surface area contributed by atoms with Gasteiger partial charge in [-0.15, -0.1) is 0 Å². The lowest BCUT2D eigenvalue weighted by Crippen LogP contribution is -2.47. The molecule has 2 heterocycles. The number of nitrogens with one attached hydrogen (secondary N) is 2. The van der Waals surface area contributed by atoms with Gasteiger partial charge < -0.3 is 30.1 Å². The summed E-state index contributed by atoms with van der Waals surface area (Å²) in [6, 6.07) is 17.1. The SMILES string of the molecule is CN(C(=O)Nc1ccc(CC(=O)N2CCC[C@H]2C(=O)N[C@@H](CC(=O)O)c2ccc3c(c2)OCO3)cc1)c1ccccc1Cl. The highest BCUT2D eigenvalue weighted by atomic mass is 35.5. The van der Waals surface area contributed by atoms with Gasteiger partial charge in [-0.25, -0.2) is 4.79 Å². The van der Waals surface area contributed by atoms with Gasteiger partial charge in [-0.1, -0.05) is 41.9 Å². The van der Waals surface area contributed by atoms with Crippen LogP contribution in [0.25, 0.3) is 0 Å². The number of carboxylic acids is 1. The molecule has 0 aliphatic carbocycles. The van der Waals surface area contributed by atoms with Crippen LogP contribution < -0.4 is 25.0 Å². The second kappa shape index (κ2) is 13.0. The maximum Gasteiger partial charge on any atom is 0.326 e. The second-order valence-electron chi connectivity index (χ2n) is 10.3. The Kier molecular flexibility index (Phi) is 9.01. The Morgan fingerprint density at radius 2 is 1.79 bits per heavy atom. The lowest BCUT2D eigenvalue weighted by molar-refractivity contribution is -0.140. The van der Waals surface area contributed by atoms with Crippen molar-refractivity contribution in [1.82, 2.24) is 10.2 Å². The van der Waals surface area contributed by atoms with Gasteiger partial charge in [0.1, 0.15) is 6.04 Å². The quantitative estimate of drug-likeness (QED) is 0.324. The topological polar surface area (TPSA) is 138 Å². The first-order valence-electron chi connectivity index (χ1n) is 13.8. The zero-order valence-corrected chi connectivity index (χ0v) is 24.2. The van der Waals surface area contributed by atoms with Gasteiger partial charge in [-0.2, -0.15) is 0 Å². The second-order valence-corrected chi connectivity index (χ2v) is 10.7. The summed E-state index contributed by atoms with van der Waals surface area (Å²) in [5.41, 5.74) is 2.41. The van der Waals surface area contributed by atoms with Crippen molar-refractivity contribution in [1.29, 1.82) is 0 Å². The molecule has 3 aromatic rings. The number of rotatable bonds is 9. The van der Waals surface area contributed by atoms with Gasteiger partial charge >= 0.3 is 12.0 Å². The first-order valence-corrected chi connectivity index (χ1v) is 14.2. The van der Waals surface area contributed by atoms with Crippen molar-refractivity contribution in [2.45, 2.75) is 37.8 Å². The molecule has 2 aliphatic rings. The molecule has 0 unspecified atom stereocenters. The summed E-state index contributed by atoms with van der Waals surface area (Å²) in [7, 11) is 1.62. The minimum atomic E-state index is -1.07. The number of carboxylic acid groups (broad SMARTS) is 1. The van der Waals surface area contributed by atoms with E-state index < -0.39 is 24.0 Å². The van der Waals surface area contributed by atoms with E-state index in [1.165, 1.54) is 4.90 Å². The van der Waals surface area contributed by atoms with Crippen LogP contribution in [0.2, 0.25) is 5.02 Å². The number of aliphatic carboxylic acids is 1. The Morgan fingerprint density at radius 3 is 2.53 bits per heavy atom. The molecule has 43 heavy (non-hydrogen) atoms. The van der Waals surface area contributed by atoms with Crippen molar-refractivity contribution in [2.24, 2.45) is 0 Å². The van der Waals surface area contributed by atoms with Crippen molar-refractivity contribution in [2.75, 3.05) is 30.6 Å². The van der Waals surface area contributed by atoms with E-state index in [0.29, 0.717) is 52.8 Å². The van der Waals surface area contributed by atoms with E-state index in [1.54, 1.807) is 78.7 Å². The number of carbonyl (C=O) groups is 4. The minimum Gasteiger partial charge on any atom is -0.481 e. The molecule has 224 valence electrons. The number of benzene rings is 3. The van der Waals surface area contributed by atoms with Crippen molar-refractivity contribution in [3.05, 3.63) is 82.9 Å². The highest BCUT2D eigenvalue weighted by Crippen LogP contribution is 2.35. The molecule has 4 amide bonds. The molecule has 0 radical (unpaired) electrons. The van der Waals surface area contributed by atoms with Crippen molar-refractivity contribution in [3.8, 4) is 11.5 Å². The smallest absolute Gasteiger partial charge is 0.326 e. The van der Waals surface area contributed by atoms with Crippen molar-refractivity contribution < 1.29 is 33.8 Å². The van der Waals surface area contributed by atoms with E-state index in [9.17, 15) is 24.3 Å². The first kappa shape index (κ1) is 29.7. The van der Waals surface area contributed by atoms with Crippen LogP contribution >= 0.6 is 11.6 Å². The zero-order chi connectivity index (χ0) is 30.5. The molecule has 3 N–H and O–H groups in total. The van der Waals surface area contributed by atoms with Crippen molar-refractivity contribution >= 4 is 46.8 Å². The van der Waals surface area contributed by atoms with E-state index in [-0.39, 0.29) is 31.6 Å². The van der Waals surface area contributed by atoms with Gasteiger partial charge in [-0.3, -0.25) is 19.3 Å². The monoisotopic (exact) mass is 606 g/mol. The van der Waals surface area contributed by atoms with E-state index >= 15 is 0 Å². The summed E-state index contributed by atoms with van der Waals surface area (Å²) in [5.74, 6) is -0.659. The van der Waals surface area contributed by atoms with Crippen LogP contribution in [0.15, 0.2) is 66.7 Å². The number of halogens is 1. The summed E-state index contributed by atoms with van der Waals surface area (Å²) in [5, 5.41) is 15.6. The molecule has 0 bridgehead atoms. The zero-order valence-electron chi connectivity index (χ0n) is 23.4. The predicted octanol–water partition coefficient (Wildman–Crippen LogP) is 4.60. The van der Waals surface area contributed by atoms with Gasteiger partial charge in [0.05, 0.1) is 29.6 Å². The van der Waals surface area contributed by atoms with Gasteiger partial charge in [0.2, 0.25) is 18.6 Å². The molecule has 2 aliphatic heterocycles. The van der Waals surface area contributed by atoms with Crippen LogP contribution in [0, 0.1) is 0 Å². The molecule has 12 heteroatoms. The molecular weight excluding hydrogens is 576 g/mol. The fourth-order valence-corrected chi connectivity index (χ4v) is 5.45. The van der Waals surface area contributed by atoms with Crippen molar-refractivity contribution in [3.63, 3.8) is 0 Å². The van der Waals surface area contributed by atoms with Gasteiger partial charge in [0, 0.05) is 19.3 Å². The van der Waals surface area contributed by atoms with E-state index in [2.05, 4.69) is 10.6 Å². The van der Waals surface area contributed by atoms with Crippen LogP contribution in [-0.4, -0.2) is 60.2 Å². The Morgan fingerprint density at radius 1 is 1.05 bits per heavy atom. The lowest BCUT2D eigenvalue weighted by atomic mass is 10.0. The molecule has 0 saturated carbocycles. The molecule has 0 aromatic heterocycles. The summed E-state index contributed by atoms with van der Waals surface area (Å²) in [6.45, 7) is 0.499. The van der Waals surface area contributed by atoms with Crippen LogP contribution in [0.5, 0.6) is 11.5 Å². The lowest BCUT2D eigenvalue weighted by Gasteiger charge is -2.26. The minimum absolute atomic E-state index is 0.0677. The first-order chi connectivity index (χ1) is 20.7. The molecule has 11 nitrogen and oxygen atoms in total. The Bertz CT molecular complexity index is 1530. The number of hydrogen-bond acceptors (Lipinski definition) is 6. The Balaban J connectivity index is 1.19. The Labute approximate surface area is 253 Å². The number of amides is 4. The number of hydrogen-bond donors (Lipinski definition) is 3.